The van der Waals surface area contributed by atoms with Gasteiger partial charge in [0, 0.05) is 11.3 Å². The van der Waals surface area contributed by atoms with Gasteiger partial charge in [0.15, 0.2) is 5.82 Å². The van der Waals surface area contributed by atoms with Crippen LogP contribution in [0.1, 0.15) is 36.5 Å². The Morgan fingerprint density at radius 2 is 1.95 bits per heavy atom. The van der Waals surface area contributed by atoms with Gasteiger partial charge < -0.3 is 0 Å². The van der Waals surface area contributed by atoms with Crippen LogP contribution in [0, 0.1) is 0 Å². The lowest BCUT2D eigenvalue weighted by molar-refractivity contribution is 0.582. The maximum atomic E-state index is 4.34. The maximum absolute atomic E-state index is 4.34. The first kappa shape index (κ1) is 12.3. The first-order valence-electron chi connectivity index (χ1n) is 6.59. The van der Waals surface area contributed by atoms with E-state index in [1.165, 1.54) is 10.6 Å². The van der Waals surface area contributed by atoms with Crippen LogP contribution in [0.5, 0.6) is 0 Å². The lowest BCUT2D eigenvalue weighted by atomic mass is 10.2. The molecule has 20 heavy (non-hydrogen) atoms. The topological polar surface area (TPSA) is 34.0 Å². The molecule has 4 rings (SSSR count). The predicted molar refractivity (Wildman–Crippen MR) is 83.0 cm³/mol. The summed E-state index contributed by atoms with van der Waals surface area (Å²) in [4.78, 5) is 0. The van der Waals surface area contributed by atoms with Crippen molar-refractivity contribution >= 4 is 23.5 Å². The summed E-state index contributed by atoms with van der Waals surface area (Å²) in [7, 11) is 0. The second-order valence-corrected chi connectivity index (χ2v) is 7.05. The number of rotatable bonds is 2. The van der Waals surface area contributed by atoms with Crippen LogP contribution in [-0.4, -0.2) is 14.9 Å². The molecule has 0 bridgehead atoms. The Kier molecular flexibility index (Phi) is 2.82. The third-order valence-corrected chi connectivity index (χ3v) is 5.58. The van der Waals surface area contributed by atoms with E-state index >= 15 is 0 Å². The smallest absolute Gasteiger partial charge is 0.216 e. The quantitative estimate of drug-likeness (QED) is 0.845. The Hall–Kier alpha value is -1.40. The SMILES string of the molecule is CC(C)c1nnc2n1N1C(=CSC1c1ccccc1)S2. The Labute approximate surface area is 126 Å². The van der Waals surface area contributed by atoms with Gasteiger partial charge in [-0.3, -0.25) is 5.01 Å². The van der Waals surface area contributed by atoms with Gasteiger partial charge in [0.25, 0.3) is 0 Å². The van der Waals surface area contributed by atoms with E-state index in [0.717, 1.165) is 11.0 Å². The van der Waals surface area contributed by atoms with Crippen LogP contribution < -0.4 is 5.01 Å². The zero-order valence-electron chi connectivity index (χ0n) is 11.2. The number of hydrogen-bond acceptors (Lipinski definition) is 5. The summed E-state index contributed by atoms with van der Waals surface area (Å²) < 4.78 is 2.18. The van der Waals surface area contributed by atoms with Crippen molar-refractivity contribution in [2.75, 3.05) is 5.01 Å². The fourth-order valence-corrected chi connectivity index (χ4v) is 4.69. The second kappa shape index (κ2) is 4.56. The average molecular weight is 302 g/mol. The van der Waals surface area contributed by atoms with Gasteiger partial charge in [-0.15, -0.1) is 10.2 Å². The summed E-state index contributed by atoms with van der Waals surface area (Å²) >= 11 is 3.54. The molecule has 1 aromatic heterocycles. The first-order valence-corrected chi connectivity index (χ1v) is 8.35. The standard InChI is InChI=1S/C14H14N4S2/c1-9(2)12-15-16-14-18(12)17-11(20-14)8-19-13(17)10-6-4-3-5-7-10/h3-9,13H,1-2H3. The lowest BCUT2D eigenvalue weighted by Crippen LogP contribution is -2.31. The third-order valence-electron chi connectivity index (χ3n) is 3.39. The molecule has 0 aliphatic carbocycles. The van der Waals surface area contributed by atoms with E-state index in [9.17, 15) is 0 Å². The minimum atomic E-state index is 0.272. The lowest BCUT2D eigenvalue weighted by Gasteiger charge is -2.26. The van der Waals surface area contributed by atoms with Crippen molar-refractivity contribution < 1.29 is 0 Å². The van der Waals surface area contributed by atoms with E-state index < -0.39 is 0 Å². The first-order chi connectivity index (χ1) is 9.75. The van der Waals surface area contributed by atoms with Gasteiger partial charge >= 0.3 is 0 Å². The third kappa shape index (κ3) is 1.71. The van der Waals surface area contributed by atoms with Crippen molar-refractivity contribution in [3.63, 3.8) is 0 Å². The molecule has 0 fully saturated rings. The van der Waals surface area contributed by atoms with Crippen molar-refractivity contribution in [2.45, 2.75) is 30.3 Å². The summed E-state index contributed by atoms with van der Waals surface area (Å²) in [6, 6.07) is 10.6. The molecule has 1 aromatic carbocycles. The average Bonchev–Trinajstić information content (AvgIpc) is 3.09. The Balaban J connectivity index is 1.79. The van der Waals surface area contributed by atoms with Crippen LogP contribution in [0.2, 0.25) is 0 Å². The molecule has 3 heterocycles. The van der Waals surface area contributed by atoms with E-state index in [1.807, 2.05) is 11.8 Å². The van der Waals surface area contributed by atoms with Crippen molar-refractivity contribution in [1.29, 1.82) is 0 Å². The number of thioether (sulfide) groups is 2. The molecule has 0 saturated heterocycles. The molecule has 0 spiro atoms. The molecule has 0 radical (unpaired) electrons. The van der Waals surface area contributed by atoms with E-state index in [0.29, 0.717) is 5.92 Å². The number of hydrogen-bond donors (Lipinski definition) is 0. The van der Waals surface area contributed by atoms with Crippen LogP contribution in [0.4, 0.5) is 0 Å². The molecule has 1 atom stereocenters. The molecule has 2 aromatic rings. The van der Waals surface area contributed by atoms with Gasteiger partial charge in [0.2, 0.25) is 5.16 Å². The molecule has 0 saturated carbocycles. The van der Waals surface area contributed by atoms with Gasteiger partial charge in [0.05, 0.1) is 0 Å². The highest BCUT2D eigenvalue weighted by molar-refractivity contribution is 8.07. The van der Waals surface area contributed by atoms with Gasteiger partial charge in [-0.2, -0.15) is 0 Å². The second-order valence-electron chi connectivity index (χ2n) is 5.11. The Bertz CT molecular complexity index is 678. The van der Waals surface area contributed by atoms with E-state index in [-0.39, 0.29) is 5.37 Å². The van der Waals surface area contributed by atoms with E-state index in [2.05, 4.69) is 69.5 Å². The number of fused-ring (bicyclic) bond motifs is 3. The highest BCUT2D eigenvalue weighted by atomic mass is 32.2. The van der Waals surface area contributed by atoms with Crippen molar-refractivity contribution in [3.05, 3.63) is 52.2 Å². The minimum Gasteiger partial charge on any atom is -0.252 e. The fourth-order valence-electron chi connectivity index (χ4n) is 2.46. The number of nitrogens with zero attached hydrogens (tertiary/aromatic N) is 4. The van der Waals surface area contributed by atoms with Crippen LogP contribution in [0.25, 0.3) is 0 Å². The van der Waals surface area contributed by atoms with Gasteiger partial charge in [-0.1, -0.05) is 55.9 Å². The van der Waals surface area contributed by atoms with Crippen LogP contribution >= 0.6 is 23.5 Å². The molecular formula is C14H14N4S2. The Morgan fingerprint density at radius 3 is 2.70 bits per heavy atom. The normalized spacial score (nSPS) is 20.2. The summed E-state index contributed by atoms with van der Waals surface area (Å²) in [5.74, 6) is 1.39. The molecule has 0 amide bonds. The summed E-state index contributed by atoms with van der Waals surface area (Å²) in [6.07, 6.45) is 0. The fraction of sp³-hybridized carbons (Fsp3) is 0.286. The highest BCUT2D eigenvalue weighted by Crippen LogP contribution is 2.51. The molecule has 2 aliphatic rings. The molecule has 102 valence electrons. The largest absolute Gasteiger partial charge is 0.252 e. The van der Waals surface area contributed by atoms with Gasteiger partial charge in [-0.05, 0) is 17.3 Å². The number of benzene rings is 1. The van der Waals surface area contributed by atoms with Gasteiger partial charge in [-0.25, -0.2) is 4.68 Å². The highest BCUT2D eigenvalue weighted by Gasteiger charge is 2.39. The monoisotopic (exact) mass is 302 g/mol. The molecular weight excluding hydrogens is 288 g/mol. The zero-order chi connectivity index (χ0) is 13.7. The molecule has 1 unspecified atom stereocenters. The van der Waals surface area contributed by atoms with Gasteiger partial charge in [0.1, 0.15) is 10.4 Å². The van der Waals surface area contributed by atoms with Crippen LogP contribution in [0.15, 0.2) is 45.9 Å². The van der Waals surface area contributed by atoms with Crippen LogP contribution in [0.3, 0.4) is 0 Å². The van der Waals surface area contributed by atoms with Crippen LogP contribution in [-0.2, 0) is 0 Å². The van der Waals surface area contributed by atoms with E-state index in [1.54, 1.807) is 11.8 Å². The summed E-state index contributed by atoms with van der Waals surface area (Å²) in [5, 5.41) is 15.7. The molecule has 4 nitrogen and oxygen atoms in total. The molecule has 0 N–H and O–H groups in total. The number of aromatic nitrogens is 3. The Morgan fingerprint density at radius 1 is 1.15 bits per heavy atom. The summed E-state index contributed by atoms with van der Waals surface area (Å²) in [6.45, 7) is 4.31. The zero-order valence-corrected chi connectivity index (χ0v) is 12.9. The van der Waals surface area contributed by atoms with Crippen molar-refractivity contribution in [3.8, 4) is 0 Å². The van der Waals surface area contributed by atoms with E-state index in [4.69, 9.17) is 0 Å². The summed E-state index contributed by atoms with van der Waals surface area (Å²) in [5.41, 5.74) is 1.31. The van der Waals surface area contributed by atoms with Crippen molar-refractivity contribution in [2.24, 2.45) is 0 Å². The minimum absolute atomic E-state index is 0.272. The molecule has 6 heteroatoms. The maximum Gasteiger partial charge on any atom is 0.216 e. The molecule has 2 aliphatic heterocycles. The van der Waals surface area contributed by atoms with Crippen molar-refractivity contribution in [1.82, 2.24) is 14.9 Å². The predicted octanol–water partition coefficient (Wildman–Crippen LogP) is 3.69.